The summed E-state index contributed by atoms with van der Waals surface area (Å²) in [5.41, 5.74) is 9.19. The van der Waals surface area contributed by atoms with Crippen LogP contribution in [0.5, 0.6) is 5.75 Å². The molecule has 1 N–H and O–H groups in total. The van der Waals surface area contributed by atoms with Gasteiger partial charge >= 0.3 is 0 Å². The Hall–Kier alpha value is -6.26. The summed E-state index contributed by atoms with van der Waals surface area (Å²) in [7, 11) is 1.98. The Morgan fingerprint density at radius 2 is 1.19 bits per heavy atom. The number of hydrogen-bond donors (Lipinski definition) is 1. The molecule has 2 aromatic heterocycles. The monoisotopic (exact) mass is 625 g/mol. The molecular weight excluding hydrogens is 590 g/mol. The zero-order valence-electron chi connectivity index (χ0n) is 26.9. The van der Waals surface area contributed by atoms with Crippen molar-refractivity contribution in [2.45, 2.75) is 6.92 Å². The first-order valence-electron chi connectivity index (χ1n) is 16.0. The third kappa shape index (κ3) is 6.12. The Balaban J connectivity index is 0.000000165. The third-order valence-corrected chi connectivity index (χ3v) is 8.39. The van der Waals surface area contributed by atoms with Crippen LogP contribution in [0.25, 0.3) is 60.6 Å². The van der Waals surface area contributed by atoms with Crippen LogP contribution < -0.4 is 4.90 Å². The van der Waals surface area contributed by atoms with E-state index in [0.717, 1.165) is 55.5 Å². The van der Waals surface area contributed by atoms with Crippen molar-refractivity contribution < 1.29 is 13.9 Å². The van der Waals surface area contributed by atoms with Gasteiger partial charge in [-0.1, -0.05) is 121 Å². The number of aromatic hydroxyl groups is 1. The van der Waals surface area contributed by atoms with Gasteiger partial charge in [0.15, 0.2) is 0 Å². The summed E-state index contributed by atoms with van der Waals surface area (Å²) in [5.74, 6) is 0.264. The van der Waals surface area contributed by atoms with Crippen molar-refractivity contribution in [3.05, 3.63) is 176 Å². The largest absolute Gasteiger partial charge is 0.508 e. The number of fused-ring (bicyclic) bond motifs is 6. The zero-order valence-corrected chi connectivity index (χ0v) is 26.9. The lowest BCUT2D eigenvalue weighted by molar-refractivity contribution is 0.475. The number of phenols is 1. The Kier molecular flexibility index (Phi) is 8.62. The first-order chi connectivity index (χ1) is 23.6. The van der Waals surface area contributed by atoms with Crippen molar-refractivity contribution in [3.63, 3.8) is 0 Å². The maximum atomic E-state index is 9.45. The van der Waals surface area contributed by atoms with Crippen LogP contribution in [0.3, 0.4) is 0 Å². The first kappa shape index (κ1) is 30.4. The van der Waals surface area contributed by atoms with E-state index in [-0.39, 0.29) is 5.75 Å². The highest BCUT2D eigenvalue weighted by Crippen LogP contribution is 2.36. The van der Waals surface area contributed by atoms with Crippen molar-refractivity contribution in [1.82, 2.24) is 0 Å². The molecule has 0 aliphatic carbocycles. The van der Waals surface area contributed by atoms with Crippen LogP contribution in [0.15, 0.2) is 179 Å². The summed E-state index contributed by atoms with van der Waals surface area (Å²) in [6, 6.07) is 46.4. The molecule has 4 nitrogen and oxygen atoms in total. The second kappa shape index (κ2) is 13.6. The van der Waals surface area contributed by atoms with Gasteiger partial charge in [-0.25, -0.2) is 0 Å². The molecule has 2 heterocycles. The SMILES string of the molecule is C\C=C/C(=C\C=C\N(C)c1ccc(O)cc1)c1cccc2c1oc1ccccc12.c1ccc(-c2cccc3c2oc2ccccc23)cc1. The summed E-state index contributed by atoms with van der Waals surface area (Å²) >= 11 is 0. The summed E-state index contributed by atoms with van der Waals surface area (Å²) in [4.78, 5) is 2.00. The fourth-order valence-corrected chi connectivity index (χ4v) is 6.03. The molecule has 0 saturated heterocycles. The number of benzene rings is 6. The molecule has 8 aromatic rings. The van der Waals surface area contributed by atoms with E-state index in [0.29, 0.717) is 0 Å². The van der Waals surface area contributed by atoms with Gasteiger partial charge in [0, 0.05) is 51.6 Å². The molecule has 48 heavy (non-hydrogen) atoms. The number of allylic oxidation sites excluding steroid dienone is 5. The van der Waals surface area contributed by atoms with Gasteiger partial charge in [0.2, 0.25) is 0 Å². The molecule has 0 fully saturated rings. The van der Waals surface area contributed by atoms with Gasteiger partial charge in [-0.2, -0.15) is 0 Å². The van der Waals surface area contributed by atoms with E-state index in [2.05, 4.69) is 84.9 Å². The van der Waals surface area contributed by atoms with E-state index in [1.807, 2.05) is 91.8 Å². The number of para-hydroxylation sites is 4. The van der Waals surface area contributed by atoms with Crippen LogP contribution >= 0.6 is 0 Å². The molecule has 0 radical (unpaired) electrons. The standard InChI is InChI=1S/C26H23NO2.C18H12O/c1-3-8-19(9-7-18-27(2)20-14-16-21(28)17-15-20)22-11-6-12-24-23-10-4-5-13-25(23)29-26(22)24;1-2-7-13(8-3-1)14-10-6-11-16-15-9-4-5-12-17(15)19-18(14)16/h3-18,28H,1-2H3;1-12H/b8-3-,18-7+,19-9+;. The van der Waals surface area contributed by atoms with Crippen molar-refractivity contribution in [3.8, 4) is 16.9 Å². The summed E-state index contributed by atoms with van der Waals surface area (Å²) < 4.78 is 12.2. The number of anilines is 1. The van der Waals surface area contributed by atoms with Gasteiger partial charge in [0.1, 0.15) is 28.1 Å². The van der Waals surface area contributed by atoms with Crippen LogP contribution in [0.1, 0.15) is 12.5 Å². The summed E-state index contributed by atoms with van der Waals surface area (Å²) in [5, 5.41) is 14.1. The van der Waals surface area contributed by atoms with E-state index >= 15 is 0 Å². The fourth-order valence-electron chi connectivity index (χ4n) is 6.03. The van der Waals surface area contributed by atoms with Crippen molar-refractivity contribution in [2.75, 3.05) is 11.9 Å². The van der Waals surface area contributed by atoms with Crippen molar-refractivity contribution in [1.29, 1.82) is 0 Å². The lowest BCUT2D eigenvalue weighted by Gasteiger charge is -2.13. The molecule has 0 bridgehead atoms. The Morgan fingerprint density at radius 1 is 0.604 bits per heavy atom. The van der Waals surface area contributed by atoms with Crippen LogP contribution in [0.4, 0.5) is 5.69 Å². The van der Waals surface area contributed by atoms with E-state index in [1.165, 1.54) is 16.3 Å². The molecule has 0 unspecified atom stereocenters. The maximum Gasteiger partial charge on any atom is 0.143 e. The van der Waals surface area contributed by atoms with Crippen LogP contribution in [-0.4, -0.2) is 12.2 Å². The highest BCUT2D eigenvalue weighted by Gasteiger charge is 2.12. The van der Waals surface area contributed by atoms with Gasteiger partial charge in [-0.15, -0.1) is 0 Å². The molecule has 0 aliphatic heterocycles. The third-order valence-electron chi connectivity index (χ3n) is 8.39. The smallest absolute Gasteiger partial charge is 0.143 e. The predicted octanol–water partition coefficient (Wildman–Crippen LogP) is 12.2. The highest BCUT2D eigenvalue weighted by atomic mass is 16.3. The van der Waals surface area contributed by atoms with E-state index in [1.54, 1.807) is 12.1 Å². The molecular formula is C44H35NO3. The minimum atomic E-state index is 0.264. The number of rotatable bonds is 6. The highest BCUT2D eigenvalue weighted by molar-refractivity contribution is 6.10. The maximum absolute atomic E-state index is 9.45. The normalized spacial score (nSPS) is 12.0. The van der Waals surface area contributed by atoms with Crippen LogP contribution in [0.2, 0.25) is 0 Å². The average Bonchev–Trinajstić information content (AvgIpc) is 3.71. The Bertz CT molecular complexity index is 2430. The van der Waals surface area contributed by atoms with Gasteiger partial charge < -0.3 is 18.8 Å². The van der Waals surface area contributed by atoms with E-state index < -0.39 is 0 Å². The summed E-state index contributed by atoms with van der Waals surface area (Å²) in [6.07, 6.45) is 10.2. The van der Waals surface area contributed by atoms with Crippen LogP contribution in [-0.2, 0) is 0 Å². The number of furan rings is 2. The molecule has 8 rings (SSSR count). The molecule has 0 saturated carbocycles. The van der Waals surface area contributed by atoms with Gasteiger partial charge in [0.25, 0.3) is 0 Å². The van der Waals surface area contributed by atoms with Crippen LogP contribution in [0, 0.1) is 0 Å². The van der Waals surface area contributed by atoms with Gasteiger partial charge in [-0.3, -0.25) is 0 Å². The van der Waals surface area contributed by atoms with E-state index in [9.17, 15) is 5.11 Å². The lowest BCUT2D eigenvalue weighted by atomic mass is 10.0. The number of nitrogens with zero attached hydrogens (tertiary/aromatic N) is 1. The quantitative estimate of drug-likeness (QED) is 0.187. The molecule has 6 aromatic carbocycles. The van der Waals surface area contributed by atoms with Crippen molar-refractivity contribution in [2.24, 2.45) is 0 Å². The second-order valence-electron chi connectivity index (χ2n) is 11.5. The van der Waals surface area contributed by atoms with E-state index in [4.69, 9.17) is 8.83 Å². The second-order valence-corrected chi connectivity index (χ2v) is 11.5. The molecule has 234 valence electrons. The molecule has 0 aliphatic rings. The Morgan fingerprint density at radius 3 is 1.88 bits per heavy atom. The molecule has 0 amide bonds. The fraction of sp³-hybridized carbons (Fsp3) is 0.0455. The number of hydrogen-bond acceptors (Lipinski definition) is 4. The predicted molar refractivity (Wildman–Crippen MR) is 201 cm³/mol. The lowest BCUT2D eigenvalue weighted by Crippen LogP contribution is -2.06. The minimum absolute atomic E-state index is 0.264. The molecule has 0 atom stereocenters. The number of phenolic OH excluding ortho intramolecular Hbond substituents is 1. The van der Waals surface area contributed by atoms with Gasteiger partial charge in [0.05, 0.1) is 0 Å². The minimum Gasteiger partial charge on any atom is -0.508 e. The average molecular weight is 626 g/mol. The Labute approximate surface area is 279 Å². The topological polar surface area (TPSA) is 49.8 Å². The van der Waals surface area contributed by atoms with Gasteiger partial charge in [-0.05, 0) is 60.5 Å². The van der Waals surface area contributed by atoms with Crippen molar-refractivity contribution >= 4 is 55.1 Å². The summed E-state index contributed by atoms with van der Waals surface area (Å²) in [6.45, 7) is 2.01. The zero-order chi connectivity index (χ0) is 32.9. The molecule has 0 spiro atoms. The first-order valence-corrected chi connectivity index (χ1v) is 16.0. The molecule has 4 heteroatoms.